The van der Waals surface area contributed by atoms with E-state index in [1.165, 1.54) is 6.20 Å². The van der Waals surface area contributed by atoms with Gasteiger partial charge in [0.05, 0.1) is 6.61 Å². The van der Waals surface area contributed by atoms with Crippen LogP contribution in [0.5, 0.6) is 5.75 Å². The summed E-state index contributed by atoms with van der Waals surface area (Å²) >= 11 is 0. The Kier molecular flexibility index (Phi) is 4.40. The van der Waals surface area contributed by atoms with Crippen LogP contribution in [0.1, 0.15) is 30.6 Å². The molecule has 0 bridgehead atoms. The molecule has 106 valence electrons. The zero-order valence-electron chi connectivity index (χ0n) is 11.7. The quantitative estimate of drug-likeness (QED) is 0.876. The lowest BCUT2D eigenvalue weighted by atomic mass is 10.1. The fourth-order valence-electron chi connectivity index (χ4n) is 1.96. The predicted octanol–water partition coefficient (Wildman–Crippen LogP) is 2.07. The van der Waals surface area contributed by atoms with Gasteiger partial charge < -0.3 is 15.0 Å². The van der Waals surface area contributed by atoms with Crippen LogP contribution in [0.2, 0.25) is 0 Å². The molecule has 0 radical (unpaired) electrons. The Bertz CT molecular complexity index is 676. The van der Waals surface area contributed by atoms with Crippen molar-refractivity contribution in [2.75, 3.05) is 13.2 Å². The van der Waals surface area contributed by atoms with Gasteiger partial charge in [-0.3, -0.25) is 9.59 Å². The van der Waals surface area contributed by atoms with Crippen molar-refractivity contribution in [1.82, 2.24) is 10.3 Å². The second-order valence-corrected chi connectivity index (χ2v) is 4.43. The van der Waals surface area contributed by atoms with Crippen molar-refractivity contribution in [3.63, 3.8) is 0 Å². The Morgan fingerprint density at radius 2 is 2.15 bits per heavy atom. The van der Waals surface area contributed by atoms with Gasteiger partial charge in [0.2, 0.25) is 5.43 Å². The summed E-state index contributed by atoms with van der Waals surface area (Å²) in [6.45, 7) is 4.91. The Morgan fingerprint density at radius 3 is 2.85 bits per heavy atom. The van der Waals surface area contributed by atoms with E-state index in [2.05, 4.69) is 10.3 Å². The lowest BCUT2D eigenvalue weighted by Crippen LogP contribution is -2.29. The highest BCUT2D eigenvalue weighted by Crippen LogP contribution is 2.17. The van der Waals surface area contributed by atoms with E-state index in [0.717, 1.165) is 6.42 Å². The van der Waals surface area contributed by atoms with Crippen molar-refractivity contribution in [1.29, 1.82) is 0 Å². The first-order valence-corrected chi connectivity index (χ1v) is 6.73. The molecule has 1 aromatic heterocycles. The number of benzene rings is 1. The average molecular weight is 274 g/mol. The number of pyridine rings is 1. The summed E-state index contributed by atoms with van der Waals surface area (Å²) in [5.41, 5.74) is 0.527. The summed E-state index contributed by atoms with van der Waals surface area (Å²) in [6, 6.07) is 5.22. The average Bonchev–Trinajstić information content (AvgIpc) is 2.46. The molecule has 0 saturated carbocycles. The van der Waals surface area contributed by atoms with Crippen molar-refractivity contribution in [2.24, 2.45) is 0 Å². The fraction of sp³-hybridized carbons (Fsp3) is 0.333. The second-order valence-electron chi connectivity index (χ2n) is 4.43. The first-order chi connectivity index (χ1) is 9.67. The zero-order chi connectivity index (χ0) is 14.5. The Labute approximate surface area is 117 Å². The van der Waals surface area contributed by atoms with Gasteiger partial charge in [-0.05, 0) is 31.5 Å². The molecule has 2 N–H and O–H groups in total. The number of fused-ring (bicyclic) bond motifs is 1. The highest BCUT2D eigenvalue weighted by Gasteiger charge is 2.12. The van der Waals surface area contributed by atoms with Gasteiger partial charge in [-0.15, -0.1) is 0 Å². The fourth-order valence-corrected chi connectivity index (χ4v) is 1.96. The standard InChI is InChI=1S/C15H18N2O3/c1-3-7-16-15(19)12-9-17-13-6-5-10(20-4-2)8-11(13)14(12)18/h5-6,8-9H,3-4,7H2,1-2H3,(H,16,19)(H,17,18). The van der Waals surface area contributed by atoms with Crippen molar-refractivity contribution < 1.29 is 9.53 Å². The minimum absolute atomic E-state index is 0.125. The molecule has 0 spiro atoms. The normalized spacial score (nSPS) is 10.5. The van der Waals surface area contributed by atoms with E-state index < -0.39 is 0 Å². The van der Waals surface area contributed by atoms with Gasteiger partial charge in [0, 0.05) is 23.6 Å². The van der Waals surface area contributed by atoms with E-state index in [9.17, 15) is 9.59 Å². The topological polar surface area (TPSA) is 71.2 Å². The number of H-pyrrole nitrogens is 1. The smallest absolute Gasteiger partial charge is 0.256 e. The second kappa shape index (κ2) is 6.23. The van der Waals surface area contributed by atoms with Crippen LogP contribution < -0.4 is 15.5 Å². The van der Waals surface area contributed by atoms with Crippen LogP contribution in [0, 0.1) is 0 Å². The number of aromatic nitrogens is 1. The Balaban J connectivity index is 2.45. The number of hydrogen-bond acceptors (Lipinski definition) is 3. The summed E-state index contributed by atoms with van der Waals surface area (Å²) in [4.78, 5) is 27.2. The molecule has 0 fully saturated rings. The van der Waals surface area contributed by atoms with Gasteiger partial charge in [-0.1, -0.05) is 6.92 Å². The van der Waals surface area contributed by atoms with Gasteiger partial charge in [0.25, 0.3) is 5.91 Å². The number of ether oxygens (including phenoxy) is 1. The zero-order valence-corrected chi connectivity index (χ0v) is 11.7. The third kappa shape index (κ3) is 2.82. The van der Waals surface area contributed by atoms with Gasteiger partial charge in [0.1, 0.15) is 11.3 Å². The SMILES string of the molecule is CCCNC(=O)c1c[nH]c2ccc(OCC)cc2c1=O. The minimum Gasteiger partial charge on any atom is -0.494 e. The van der Waals surface area contributed by atoms with E-state index in [1.807, 2.05) is 13.8 Å². The predicted molar refractivity (Wildman–Crippen MR) is 78.4 cm³/mol. The van der Waals surface area contributed by atoms with Gasteiger partial charge >= 0.3 is 0 Å². The number of hydrogen-bond donors (Lipinski definition) is 2. The van der Waals surface area contributed by atoms with Gasteiger partial charge in [-0.2, -0.15) is 0 Å². The number of nitrogens with one attached hydrogen (secondary N) is 2. The summed E-state index contributed by atoms with van der Waals surface area (Å²) in [6.07, 6.45) is 2.28. The van der Waals surface area contributed by atoms with E-state index in [4.69, 9.17) is 4.74 Å². The number of aromatic amines is 1. The molecule has 1 aromatic carbocycles. The molecule has 20 heavy (non-hydrogen) atoms. The van der Waals surface area contributed by atoms with Crippen molar-refractivity contribution >= 4 is 16.8 Å². The maximum absolute atomic E-state index is 12.4. The monoisotopic (exact) mass is 274 g/mol. The first-order valence-electron chi connectivity index (χ1n) is 6.73. The number of amides is 1. The molecule has 0 aliphatic carbocycles. The molecule has 2 rings (SSSR count). The molecular weight excluding hydrogens is 256 g/mol. The Morgan fingerprint density at radius 1 is 1.35 bits per heavy atom. The first kappa shape index (κ1) is 14.1. The molecule has 2 aromatic rings. The maximum Gasteiger partial charge on any atom is 0.256 e. The summed E-state index contributed by atoms with van der Waals surface area (Å²) in [5.74, 6) is 0.272. The van der Waals surface area contributed by atoms with Crippen LogP contribution in [-0.4, -0.2) is 24.0 Å². The van der Waals surface area contributed by atoms with Crippen molar-refractivity contribution in [2.45, 2.75) is 20.3 Å². The molecule has 0 atom stereocenters. The molecule has 1 amide bonds. The number of carbonyl (C=O) groups is 1. The van der Waals surface area contributed by atoms with E-state index in [0.29, 0.717) is 29.8 Å². The Hall–Kier alpha value is -2.30. The molecule has 1 heterocycles. The molecule has 0 unspecified atom stereocenters. The molecule has 5 nitrogen and oxygen atoms in total. The molecular formula is C15H18N2O3. The van der Waals surface area contributed by atoms with Crippen molar-refractivity contribution in [3.8, 4) is 5.75 Å². The number of carbonyl (C=O) groups excluding carboxylic acids is 1. The van der Waals surface area contributed by atoms with Crippen LogP contribution in [0.4, 0.5) is 0 Å². The third-order valence-corrected chi connectivity index (χ3v) is 2.94. The number of rotatable bonds is 5. The molecule has 0 aliphatic rings. The van der Waals surface area contributed by atoms with Crippen LogP contribution in [0.3, 0.4) is 0 Å². The van der Waals surface area contributed by atoms with Crippen LogP contribution >= 0.6 is 0 Å². The van der Waals surface area contributed by atoms with Crippen LogP contribution in [0.25, 0.3) is 10.9 Å². The van der Waals surface area contributed by atoms with Crippen molar-refractivity contribution in [3.05, 3.63) is 40.2 Å². The van der Waals surface area contributed by atoms with E-state index in [-0.39, 0.29) is 16.9 Å². The summed E-state index contributed by atoms with van der Waals surface area (Å²) < 4.78 is 5.38. The largest absolute Gasteiger partial charge is 0.494 e. The van der Waals surface area contributed by atoms with Gasteiger partial charge in [0.15, 0.2) is 0 Å². The highest BCUT2D eigenvalue weighted by molar-refractivity contribution is 5.97. The third-order valence-electron chi connectivity index (χ3n) is 2.94. The van der Waals surface area contributed by atoms with Crippen LogP contribution in [0.15, 0.2) is 29.2 Å². The maximum atomic E-state index is 12.4. The van der Waals surface area contributed by atoms with E-state index in [1.54, 1.807) is 18.2 Å². The summed E-state index contributed by atoms with van der Waals surface area (Å²) in [7, 11) is 0. The van der Waals surface area contributed by atoms with Crippen LogP contribution in [-0.2, 0) is 0 Å². The van der Waals surface area contributed by atoms with E-state index >= 15 is 0 Å². The molecule has 0 saturated heterocycles. The lowest BCUT2D eigenvalue weighted by Gasteiger charge is -2.07. The molecule has 0 aliphatic heterocycles. The van der Waals surface area contributed by atoms with Gasteiger partial charge in [-0.25, -0.2) is 0 Å². The minimum atomic E-state index is -0.350. The summed E-state index contributed by atoms with van der Waals surface area (Å²) in [5, 5.41) is 3.16. The molecule has 5 heteroatoms. The lowest BCUT2D eigenvalue weighted by molar-refractivity contribution is 0.0952. The highest BCUT2D eigenvalue weighted by atomic mass is 16.5.